The van der Waals surface area contributed by atoms with Crippen LogP contribution in [0.15, 0.2) is 29.3 Å². The number of ether oxygens (including phenoxy) is 3. The number of hydrogen-bond donors (Lipinski definition) is 2. The topological polar surface area (TPSA) is 84.4 Å². The van der Waals surface area contributed by atoms with Gasteiger partial charge in [0.1, 0.15) is 5.75 Å². The third-order valence-corrected chi connectivity index (χ3v) is 4.53. The molecule has 0 spiro atoms. The quantitative estimate of drug-likeness (QED) is 0.196. The molecule has 1 aromatic rings. The van der Waals surface area contributed by atoms with Gasteiger partial charge < -0.3 is 29.7 Å². The predicted octanol–water partition coefficient (Wildman–Crippen LogP) is 2.02. The summed E-state index contributed by atoms with van der Waals surface area (Å²) in [5.74, 6) is 1.34. The van der Waals surface area contributed by atoms with Gasteiger partial charge in [0.05, 0.1) is 12.7 Å². The molecule has 1 aliphatic heterocycles. The Labute approximate surface area is 196 Å². The molecule has 170 valence electrons. The zero-order valence-corrected chi connectivity index (χ0v) is 20.5. The SMILES string of the molecule is CN=C(NCCCOCC1CCCO1)NCc1cccc(OCC(=O)N(C)C)c1.I. The van der Waals surface area contributed by atoms with E-state index < -0.39 is 0 Å². The molecule has 0 bridgehead atoms. The van der Waals surface area contributed by atoms with E-state index in [4.69, 9.17) is 14.2 Å². The smallest absolute Gasteiger partial charge is 0.259 e. The second-order valence-corrected chi connectivity index (χ2v) is 7.14. The minimum Gasteiger partial charge on any atom is -0.484 e. The molecule has 1 fully saturated rings. The van der Waals surface area contributed by atoms with E-state index in [0.717, 1.165) is 43.9 Å². The van der Waals surface area contributed by atoms with Gasteiger partial charge in [0.15, 0.2) is 12.6 Å². The monoisotopic (exact) mass is 534 g/mol. The second-order valence-electron chi connectivity index (χ2n) is 7.14. The van der Waals surface area contributed by atoms with Crippen molar-refractivity contribution in [2.75, 3.05) is 54.1 Å². The molecule has 1 amide bonds. The zero-order valence-electron chi connectivity index (χ0n) is 18.2. The first-order valence-electron chi connectivity index (χ1n) is 10.1. The fourth-order valence-corrected chi connectivity index (χ4v) is 2.80. The van der Waals surface area contributed by atoms with Crippen molar-refractivity contribution in [1.82, 2.24) is 15.5 Å². The molecule has 0 radical (unpaired) electrons. The Balaban J connectivity index is 0.00000450. The molecule has 0 saturated carbocycles. The first-order chi connectivity index (χ1) is 14.1. The number of carbonyl (C=O) groups is 1. The van der Waals surface area contributed by atoms with Crippen LogP contribution < -0.4 is 15.4 Å². The van der Waals surface area contributed by atoms with Crippen LogP contribution in [0.25, 0.3) is 0 Å². The number of carbonyl (C=O) groups excluding carboxylic acids is 1. The summed E-state index contributed by atoms with van der Waals surface area (Å²) in [6.45, 7) is 3.66. The lowest BCUT2D eigenvalue weighted by Crippen LogP contribution is -2.37. The third kappa shape index (κ3) is 10.4. The lowest BCUT2D eigenvalue weighted by Gasteiger charge is -2.14. The molecule has 0 aliphatic carbocycles. The van der Waals surface area contributed by atoms with Crippen LogP contribution in [-0.4, -0.2) is 77.0 Å². The summed E-state index contributed by atoms with van der Waals surface area (Å²) in [6.07, 6.45) is 3.42. The summed E-state index contributed by atoms with van der Waals surface area (Å²) in [6, 6.07) is 7.67. The number of nitrogens with one attached hydrogen (secondary N) is 2. The Morgan fingerprint density at radius 1 is 1.33 bits per heavy atom. The molecule has 1 unspecified atom stereocenters. The van der Waals surface area contributed by atoms with Crippen molar-refractivity contribution in [1.29, 1.82) is 0 Å². The third-order valence-electron chi connectivity index (χ3n) is 4.53. The van der Waals surface area contributed by atoms with E-state index in [9.17, 15) is 4.79 Å². The van der Waals surface area contributed by atoms with Crippen LogP contribution in [0.5, 0.6) is 5.75 Å². The molecule has 1 aliphatic rings. The van der Waals surface area contributed by atoms with E-state index in [1.54, 1.807) is 21.1 Å². The number of nitrogens with zero attached hydrogens (tertiary/aromatic N) is 2. The Hall–Kier alpha value is -1.59. The van der Waals surface area contributed by atoms with Crippen LogP contribution in [-0.2, 0) is 20.8 Å². The van der Waals surface area contributed by atoms with E-state index in [1.165, 1.54) is 4.90 Å². The lowest BCUT2D eigenvalue weighted by atomic mass is 10.2. The van der Waals surface area contributed by atoms with E-state index in [-0.39, 0.29) is 42.6 Å². The van der Waals surface area contributed by atoms with Crippen LogP contribution in [0.3, 0.4) is 0 Å². The van der Waals surface area contributed by atoms with Crippen molar-refractivity contribution in [2.45, 2.75) is 31.9 Å². The van der Waals surface area contributed by atoms with Gasteiger partial charge in [-0.05, 0) is 37.0 Å². The van der Waals surface area contributed by atoms with Gasteiger partial charge in [0.2, 0.25) is 0 Å². The van der Waals surface area contributed by atoms with Crippen LogP contribution in [0.1, 0.15) is 24.8 Å². The second kappa shape index (κ2) is 15.2. The molecule has 1 heterocycles. The molecule has 0 aromatic heterocycles. The van der Waals surface area contributed by atoms with Gasteiger partial charge >= 0.3 is 0 Å². The maximum absolute atomic E-state index is 11.6. The van der Waals surface area contributed by atoms with Gasteiger partial charge in [0, 0.05) is 47.4 Å². The van der Waals surface area contributed by atoms with Crippen molar-refractivity contribution in [2.24, 2.45) is 4.99 Å². The van der Waals surface area contributed by atoms with E-state index in [2.05, 4.69) is 15.6 Å². The van der Waals surface area contributed by atoms with Gasteiger partial charge in [-0.1, -0.05) is 12.1 Å². The number of guanidine groups is 1. The first kappa shape index (κ1) is 26.4. The Bertz CT molecular complexity index is 652. The lowest BCUT2D eigenvalue weighted by molar-refractivity contribution is -0.130. The van der Waals surface area contributed by atoms with Crippen molar-refractivity contribution < 1.29 is 19.0 Å². The Morgan fingerprint density at radius 3 is 2.87 bits per heavy atom. The van der Waals surface area contributed by atoms with E-state index in [1.807, 2.05) is 24.3 Å². The molecule has 1 saturated heterocycles. The van der Waals surface area contributed by atoms with Gasteiger partial charge in [-0.25, -0.2) is 0 Å². The van der Waals surface area contributed by atoms with Crippen LogP contribution in [0, 0.1) is 0 Å². The minimum atomic E-state index is -0.0714. The summed E-state index contributed by atoms with van der Waals surface area (Å²) in [5.41, 5.74) is 1.04. The fraction of sp³-hybridized carbons (Fsp3) is 0.619. The number of rotatable bonds is 11. The Morgan fingerprint density at radius 2 is 2.17 bits per heavy atom. The first-order valence-corrected chi connectivity index (χ1v) is 10.1. The number of amides is 1. The number of benzene rings is 1. The van der Waals surface area contributed by atoms with Crippen molar-refractivity contribution in [3.05, 3.63) is 29.8 Å². The molecular formula is C21H35IN4O4. The highest BCUT2D eigenvalue weighted by Crippen LogP contribution is 2.13. The van der Waals surface area contributed by atoms with Crippen LogP contribution >= 0.6 is 24.0 Å². The van der Waals surface area contributed by atoms with Crippen molar-refractivity contribution in [3.63, 3.8) is 0 Å². The normalized spacial score (nSPS) is 16.0. The zero-order chi connectivity index (χ0) is 20.9. The average Bonchev–Trinajstić information content (AvgIpc) is 3.24. The molecule has 2 rings (SSSR count). The Kier molecular flexibility index (Phi) is 13.4. The summed E-state index contributed by atoms with van der Waals surface area (Å²) in [7, 11) is 5.16. The standard InChI is InChI=1S/C21H34N4O4.HI/c1-22-21(23-10-6-11-27-15-19-9-5-12-28-19)24-14-17-7-4-8-18(13-17)29-16-20(26)25(2)3;/h4,7-8,13,19H,5-6,9-12,14-16H2,1-3H3,(H2,22,23,24);1H. The fourth-order valence-electron chi connectivity index (χ4n) is 2.80. The largest absolute Gasteiger partial charge is 0.484 e. The van der Waals surface area contributed by atoms with Crippen molar-refractivity contribution >= 4 is 35.8 Å². The predicted molar refractivity (Wildman–Crippen MR) is 129 cm³/mol. The van der Waals surface area contributed by atoms with Crippen molar-refractivity contribution in [3.8, 4) is 5.75 Å². The highest BCUT2D eigenvalue weighted by molar-refractivity contribution is 14.0. The molecule has 9 heteroatoms. The maximum Gasteiger partial charge on any atom is 0.259 e. The van der Waals surface area contributed by atoms with Crippen LogP contribution in [0.4, 0.5) is 0 Å². The van der Waals surface area contributed by atoms with Gasteiger partial charge in [0.25, 0.3) is 5.91 Å². The van der Waals surface area contributed by atoms with Crippen LogP contribution in [0.2, 0.25) is 0 Å². The van der Waals surface area contributed by atoms with Gasteiger partial charge in [-0.15, -0.1) is 24.0 Å². The summed E-state index contributed by atoms with van der Waals surface area (Å²) in [5, 5.41) is 6.56. The molecule has 30 heavy (non-hydrogen) atoms. The molecule has 1 atom stereocenters. The molecule has 2 N–H and O–H groups in total. The summed E-state index contributed by atoms with van der Waals surface area (Å²) in [4.78, 5) is 17.4. The number of hydrogen-bond acceptors (Lipinski definition) is 5. The van der Waals surface area contributed by atoms with Gasteiger partial charge in [-0.2, -0.15) is 0 Å². The maximum atomic E-state index is 11.6. The highest BCUT2D eigenvalue weighted by atomic mass is 127. The minimum absolute atomic E-state index is 0. The molecular weight excluding hydrogens is 499 g/mol. The summed E-state index contributed by atoms with van der Waals surface area (Å²) >= 11 is 0. The van der Waals surface area contributed by atoms with Gasteiger partial charge in [-0.3, -0.25) is 9.79 Å². The highest BCUT2D eigenvalue weighted by Gasteiger charge is 2.14. The summed E-state index contributed by atoms with van der Waals surface area (Å²) < 4.78 is 16.8. The number of likely N-dealkylation sites (N-methyl/N-ethyl adjacent to an activating group) is 1. The van der Waals surface area contributed by atoms with E-state index >= 15 is 0 Å². The number of aliphatic imine (C=N–C) groups is 1. The van der Waals surface area contributed by atoms with E-state index in [0.29, 0.717) is 25.5 Å². The number of halogens is 1. The molecule has 8 nitrogen and oxygen atoms in total. The molecule has 1 aromatic carbocycles. The average molecular weight is 534 g/mol.